The van der Waals surface area contributed by atoms with E-state index in [1.807, 2.05) is 0 Å². The van der Waals surface area contributed by atoms with E-state index in [9.17, 15) is 0 Å². The molecule has 0 aliphatic heterocycles. The van der Waals surface area contributed by atoms with E-state index in [0.717, 1.165) is 11.8 Å². The van der Waals surface area contributed by atoms with Gasteiger partial charge in [-0.3, -0.25) is 0 Å². The summed E-state index contributed by atoms with van der Waals surface area (Å²) in [5, 5.41) is 0. The van der Waals surface area contributed by atoms with Gasteiger partial charge < -0.3 is 0 Å². The lowest BCUT2D eigenvalue weighted by Crippen LogP contribution is -2.17. The molecule has 0 heterocycles. The molecule has 0 saturated heterocycles. The van der Waals surface area contributed by atoms with E-state index in [1.165, 1.54) is 67.2 Å². The molecule has 2 aromatic carbocycles. The molecule has 122 valence electrons. The topological polar surface area (TPSA) is 0 Å². The van der Waals surface area contributed by atoms with E-state index in [2.05, 4.69) is 62.4 Å². The summed E-state index contributed by atoms with van der Waals surface area (Å²) in [6, 6.07) is 18.2. The fraction of sp³-hybridized carbons (Fsp3) is 0.478. The van der Waals surface area contributed by atoms with Crippen LogP contribution in [0.1, 0.15) is 54.4 Å². The largest absolute Gasteiger partial charge is 0.0591 e. The lowest BCUT2D eigenvalue weighted by Gasteiger charge is -2.28. The second-order valence-electron chi connectivity index (χ2n) is 7.60. The normalized spacial score (nSPS) is 21.3. The Morgan fingerprint density at radius 2 is 1.13 bits per heavy atom. The summed E-state index contributed by atoms with van der Waals surface area (Å²) >= 11 is 0. The van der Waals surface area contributed by atoms with Crippen molar-refractivity contribution in [2.45, 2.75) is 58.8 Å². The molecule has 1 fully saturated rings. The third kappa shape index (κ3) is 4.96. The molecule has 0 spiro atoms. The van der Waals surface area contributed by atoms with Crippen molar-refractivity contribution < 1.29 is 0 Å². The molecule has 0 atom stereocenters. The lowest BCUT2D eigenvalue weighted by atomic mass is 9.77. The minimum Gasteiger partial charge on any atom is -0.0591 e. The Morgan fingerprint density at radius 1 is 0.652 bits per heavy atom. The van der Waals surface area contributed by atoms with Crippen molar-refractivity contribution in [1.29, 1.82) is 0 Å². The molecule has 0 unspecified atom stereocenters. The highest BCUT2D eigenvalue weighted by Crippen LogP contribution is 2.33. The van der Waals surface area contributed by atoms with Crippen molar-refractivity contribution in [3.8, 4) is 0 Å². The van der Waals surface area contributed by atoms with Gasteiger partial charge in [0, 0.05) is 0 Å². The molecule has 0 amide bonds. The molecule has 1 aliphatic rings. The molecular formula is C23H30. The maximum absolute atomic E-state index is 2.32. The van der Waals surface area contributed by atoms with Crippen LogP contribution < -0.4 is 0 Å². The quantitative estimate of drug-likeness (QED) is 0.609. The molecule has 1 aliphatic carbocycles. The Balaban J connectivity index is 1.41. The Kier molecular flexibility index (Phi) is 5.54. The summed E-state index contributed by atoms with van der Waals surface area (Å²) < 4.78 is 0. The summed E-state index contributed by atoms with van der Waals surface area (Å²) in [5.74, 6) is 1.86. The van der Waals surface area contributed by atoms with Gasteiger partial charge in [-0.15, -0.1) is 0 Å². The molecule has 2 aromatic rings. The van der Waals surface area contributed by atoms with E-state index in [4.69, 9.17) is 0 Å². The van der Waals surface area contributed by atoms with E-state index >= 15 is 0 Å². The Labute approximate surface area is 141 Å². The summed E-state index contributed by atoms with van der Waals surface area (Å²) in [7, 11) is 0. The monoisotopic (exact) mass is 306 g/mol. The van der Waals surface area contributed by atoms with Gasteiger partial charge in [0.2, 0.25) is 0 Å². The number of hydrogen-bond donors (Lipinski definition) is 0. The zero-order chi connectivity index (χ0) is 16.1. The lowest BCUT2D eigenvalue weighted by molar-refractivity contribution is 0.262. The maximum Gasteiger partial charge on any atom is -0.0250 e. The fourth-order valence-corrected chi connectivity index (χ4v) is 3.91. The highest BCUT2D eigenvalue weighted by molar-refractivity contribution is 5.22. The standard InChI is InChI=1S/C23H30/c1-18-3-7-20(8-4-18)11-12-21-13-15-23(16-14-21)17-22-9-5-19(2)6-10-22/h3-10,21,23H,11-17H2,1-2H3. The number of rotatable bonds is 5. The average Bonchev–Trinajstić information content (AvgIpc) is 2.58. The summed E-state index contributed by atoms with van der Waals surface area (Å²) in [6.07, 6.45) is 9.63. The predicted molar refractivity (Wildman–Crippen MR) is 99.8 cm³/mol. The van der Waals surface area contributed by atoms with Gasteiger partial charge in [-0.25, -0.2) is 0 Å². The van der Waals surface area contributed by atoms with Crippen molar-refractivity contribution in [2.24, 2.45) is 11.8 Å². The SMILES string of the molecule is Cc1ccc(CCC2CCC(Cc3ccc(C)cc3)CC2)cc1. The molecule has 1 saturated carbocycles. The minimum absolute atomic E-state index is 0.910. The minimum atomic E-state index is 0.910. The Hall–Kier alpha value is -1.56. The molecular weight excluding hydrogens is 276 g/mol. The van der Waals surface area contributed by atoms with Crippen LogP contribution in [0.15, 0.2) is 48.5 Å². The van der Waals surface area contributed by atoms with E-state index < -0.39 is 0 Å². The van der Waals surface area contributed by atoms with E-state index in [0.29, 0.717) is 0 Å². The first-order chi connectivity index (χ1) is 11.2. The van der Waals surface area contributed by atoms with Crippen LogP contribution in [0.25, 0.3) is 0 Å². The second kappa shape index (κ2) is 7.81. The molecule has 0 heteroatoms. The van der Waals surface area contributed by atoms with Gasteiger partial charge in [0.05, 0.1) is 0 Å². The van der Waals surface area contributed by atoms with Gasteiger partial charge >= 0.3 is 0 Å². The van der Waals surface area contributed by atoms with Gasteiger partial charge in [-0.05, 0) is 68.9 Å². The summed E-state index contributed by atoms with van der Waals surface area (Å²) in [6.45, 7) is 4.34. The highest BCUT2D eigenvalue weighted by Gasteiger charge is 2.21. The van der Waals surface area contributed by atoms with Gasteiger partial charge in [0.25, 0.3) is 0 Å². The average molecular weight is 306 g/mol. The van der Waals surface area contributed by atoms with Gasteiger partial charge in [-0.1, -0.05) is 72.5 Å². The molecule has 3 rings (SSSR count). The van der Waals surface area contributed by atoms with Crippen LogP contribution >= 0.6 is 0 Å². The van der Waals surface area contributed by atoms with Gasteiger partial charge in [0.1, 0.15) is 0 Å². The smallest absolute Gasteiger partial charge is 0.0250 e. The fourth-order valence-electron chi connectivity index (χ4n) is 3.91. The van der Waals surface area contributed by atoms with Crippen LogP contribution in [0.5, 0.6) is 0 Å². The summed E-state index contributed by atoms with van der Waals surface area (Å²) in [4.78, 5) is 0. The van der Waals surface area contributed by atoms with Crippen LogP contribution in [0.4, 0.5) is 0 Å². The van der Waals surface area contributed by atoms with Crippen LogP contribution in [0.2, 0.25) is 0 Å². The van der Waals surface area contributed by atoms with E-state index in [-0.39, 0.29) is 0 Å². The number of benzene rings is 2. The second-order valence-corrected chi connectivity index (χ2v) is 7.60. The van der Waals surface area contributed by atoms with Gasteiger partial charge in [0.15, 0.2) is 0 Å². The molecule has 0 radical (unpaired) electrons. The van der Waals surface area contributed by atoms with Crippen molar-refractivity contribution >= 4 is 0 Å². The maximum atomic E-state index is 2.32. The van der Waals surface area contributed by atoms with Crippen molar-refractivity contribution in [2.75, 3.05) is 0 Å². The van der Waals surface area contributed by atoms with Crippen molar-refractivity contribution in [1.82, 2.24) is 0 Å². The summed E-state index contributed by atoms with van der Waals surface area (Å²) in [5.41, 5.74) is 5.77. The first-order valence-corrected chi connectivity index (χ1v) is 9.30. The molecule has 0 bridgehead atoms. The van der Waals surface area contributed by atoms with E-state index in [1.54, 1.807) is 0 Å². The number of aryl methyl sites for hydroxylation is 3. The van der Waals surface area contributed by atoms with Crippen LogP contribution in [0, 0.1) is 25.7 Å². The zero-order valence-corrected chi connectivity index (χ0v) is 14.7. The molecule has 0 nitrogen and oxygen atoms in total. The Bertz CT molecular complexity index is 583. The van der Waals surface area contributed by atoms with Crippen LogP contribution in [-0.4, -0.2) is 0 Å². The molecule has 23 heavy (non-hydrogen) atoms. The van der Waals surface area contributed by atoms with Crippen molar-refractivity contribution in [3.05, 3.63) is 70.8 Å². The third-order valence-electron chi connectivity index (χ3n) is 5.57. The predicted octanol–water partition coefficient (Wildman–Crippen LogP) is 6.29. The first-order valence-electron chi connectivity index (χ1n) is 9.30. The van der Waals surface area contributed by atoms with Gasteiger partial charge in [-0.2, -0.15) is 0 Å². The van der Waals surface area contributed by atoms with Crippen molar-refractivity contribution in [3.63, 3.8) is 0 Å². The molecule has 0 aromatic heterocycles. The molecule has 0 N–H and O–H groups in total. The first kappa shape index (κ1) is 16.3. The van der Waals surface area contributed by atoms with Crippen LogP contribution in [-0.2, 0) is 12.8 Å². The Morgan fingerprint density at radius 3 is 1.70 bits per heavy atom. The van der Waals surface area contributed by atoms with Crippen LogP contribution in [0.3, 0.4) is 0 Å². The number of hydrogen-bond acceptors (Lipinski definition) is 0. The third-order valence-corrected chi connectivity index (χ3v) is 5.57. The zero-order valence-electron chi connectivity index (χ0n) is 14.7. The highest BCUT2D eigenvalue weighted by atomic mass is 14.3.